The maximum Gasteiger partial charge on any atom is 0.342 e. The average molecular weight is 312 g/mol. The summed E-state index contributed by atoms with van der Waals surface area (Å²) < 4.78 is 13.5. The van der Waals surface area contributed by atoms with Gasteiger partial charge in [0.25, 0.3) is 0 Å². The molecule has 0 fully saturated rings. The quantitative estimate of drug-likeness (QED) is 0.663. The fraction of sp³-hybridized carbons (Fsp3) is 0. The summed E-state index contributed by atoms with van der Waals surface area (Å²) in [4.78, 5) is 24.5. The molecular weight excluding hydrogens is 305 g/mol. The molecular formula is C12H7ClFN3O4. The molecule has 0 spiro atoms. The number of anilines is 2. The first kappa shape index (κ1) is 14.7. The van der Waals surface area contributed by atoms with Crippen LogP contribution in [0.4, 0.5) is 21.6 Å². The minimum absolute atomic E-state index is 0.0276. The van der Waals surface area contributed by atoms with Crippen molar-refractivity contribution in [3.8, 4) is 0 Å². The molecule has 108 valence electrons. The number of carbonyl (C=O) groups is 1. The van der Waals surface area contributed by atoms with Gasteiger partial charge in [0.15, 0.2) is 0 Å². The van der Waals surface area contributed by atoms with Gasteiger partial charge in [0.1, 0.15) is 23.4 Å². The van der Waals surface area contributed by atoms with Gasteiger partial charge in [0, 0.05) is 11.1 Å². The van der Waals surface area contributed by atoms with Crippen molar-refractivity contribution in [2.75, 3.05) is 5.32 Å². The van der Waals surface area contributed by atoms with E-state index in [1.165, 1.54) is 12.1 Å². The first-order valence-electron chi connectivity index (χ1n) is 5.48. The van der Waals surface area contributed by atoms with E-state index < -0.39 is 28.0 Å². The van der Waals surface area contributed by atoms with Crippen molar-refractivity contribution in [3.63, 3.8) is 0 Å². The third kappa shape index (κ3) is 3.23. The summed E-state index contributed by atoms with van der Waals surface area (Å²) in [6.07, 6.45) is 0.786. The number of rotatable bonds is 4. The molecule has 2 N–H and O–H groups in total. The monoisotopic (exact) mass is 311 g/mol. The van der Waals surface area contributed by atoms with Crippen LogP contribution >= 0.6 is 11.6 Å². The molecule has 1 aromatic heterocycles. The Labute approximate surface area is 122 Å². The van der Waals surface area contributed by atoms with E-state index in [9.17, 15) is 19.3 Å². The predicted molar refractivity (Wildman–Crippen MR) is 72.5 cm³/mol. The third-order valence-corrected chi connectivity index (χ3v) is 2.74. The Morgan fingerprint density at radius 1 is 1.43 bits per heavy atom. The van der Waals surface area contributed by atoms with Crippen molar-refractivity contribution in [2.24, 2.45) is 0 Å². The van der Waals surface area contributed by atoms with Crippen LogP contribution in [-0.2, 0) is 0 Å². The summed E-state index contributed by atoms with van der Waals surface area (Å²) in [5.74, 6) is -2.17. The summed E-state index contributed by atoms with van der Waals surface area (Å²) in [7, 11) is 0. The van der Waals surface area contributed by atoms with Crippen LogP contribution in [0.15, 0.2) is 30.5 Å². The van der Waals surface area contributed by atoms with Crippen molar-refractivity contribution >= 4 is 34.8 Å². The van der Waals surface area contributed by atoms with Crippen LogP contribution in [0.3, 0.4) is 0 Å². The molecule has 0 amide bonds. The molecule has 9 heteroatoms. The number of aromatic nitrogens is 1. The van der Waals surface area contributed by atoms with Crippen molar-refractivity contribution in [1.29, 1.82) is 0 Å². The zero-order chi connectivity index (χ0) is 15.6. The lowest BCUT2D eigenvalue weighted by Crippen LogP contribution is -2.05. The van der Waals surface area contributed by atoms with Crippen LogP contribution in [0.2, 0.25) is 5.02 Å². The highest BCUT2D eigenvalue weighted by molar-refractivity contribution is 6.30. The lowest BCUT2D eigenvalue weighted by molar-refractivity contribution is -0.385. The Kier molecular flexibility index (Phi) is 3.99. The molecule has 2 aromatic rings. The maximum atomic E-state index is 13.5. The molecule has 1 heterocycles. The van der Waals surface area contributed by atoms with Gasteiger partial charge in [-0.3, -0.25) is 10.1 Å². The molecule has 0 saturated carbocycles. The molecule has 0 radical (unpaired) electrons. The first-order chi connectivity index (χ1) is 9.88. The summed E-state index contributed by atoms with van der Waals surface area (Å²) in [6.45, 7) is 0. The number of halogens is 2. The number of hydrogen-bond acceptors (Lipinski definition) is 5. The van der Waals surface area contributed by atoms with Gasteiger partial charge >= 0.3 is 11.7 Å². The Morgan fingerprint density at radius 3 is 2.76 bits per heavy atom. The highest BCUT2D eigenvalue weighted by Gasteiger charge is 2.21. The second-order valence-corrected chi connectivity index (χ2v) is 4.33. The Bertz CT molecular complexity index is 738. The van der Waals surface area contributed by atoms with E-state index in [0.717, 1.165) is 18.3 Å². The van der Waals surface area contributed by atoms with Gasteiger partial charge in [-0.15, -0.1) is 0 Å². The molecule has 0 bridgehead atoms. The van der Waals surface area contributed by atoms with Crippen molar-refractivity contribution < 1.29 is 19.2 Å². The van der Waals surface area contributed by atoms with Crippen LogP contribution < -0.4 is 5.32 Å². The Morgan fingerprint density at radius 2 is 2.14 bits per heavy atom. The molecule has 0 aliphatic rings. The predicted octanol–water partition coefficient (Wildman–Crippen LogP) is 3.22. The fourth-order valence-electron chi connectivity index (χ4n) is 1.56. The largest absolute Gasteiger partial charge is 0.477 e. The number of benzene rings is 1. The van der Waals surface area contributed by atoms with Crippen LogP contribution in [0, 0.1) is 15.9 Å². The number of nitrogens with zero attached hydrogens (tertiary/aromatic N) is 2. The van der Waals surface area contributed by atoms with Crippen LogP contribution in [0.5, 0.6) is 0 Å². The molecule has 7 nitrogen and oxygen atoms in total. The molecule has 0 aliphatic heterocycles. The zero-order valence-electron chi connectivity index (χ0n) is 10.2. The lowest BCUT2D eigenvalue weighted by Gasteiger charge is -2.08. The second kappa shape index (κ2) is 5.71. The number of nitrogens with one attached hydrogen (secondary N) is 1. The van der Waals surface area contributed by atoms with Crippen LogP contribution in [0.1, 0.15) is 10.4 Å². The zero-order valence-corrected chi connectivity index (χ0v) is 11.0. The number of hydrogen-bond donors (Lipinski definition) is 2. The molecule has 0 aliphatic carbocycles. The summed E-state index contributed by atoms with van der Waals surface area (Å²) >= 11 is 5.72. The molecule has 2 rings (SSSR count). The van der Waals surface area contributed by atoms with E-state index in [1.807, 2.05) is 0 Å². The van der Waals surface area contributed by atoms with Gasteiger partial charge in [-0.25, -0.2) is 14.2 Å². The normalized spacial score (nSPS) is 10.2. The van der Waals surface area contributed by atoms with Crippen molar-refractivity contribution in [3.05, 3.63) is 57.0 Å². The second-order valence-electron chi connectivity index (χ2n) is 3.90. The molecule has 0 unspecified atom stereocenters. The topological polar surface area (TPSA) is 105 Å². The van der Waals surface area contributed by atoms with E-state index >= 15 is 0 Å². The summed E-state index contributed by atoms with van der Waals surface area (Å²) in [5, 5.41) is 22.4. The first-order valence-corrected chi connectivity index (χ1v) is 5.86. The molecule has 0 atom stereocenters. The third-order valence-electron chi connectivity index (χ3n) is 2.50. The smallest absolute Gasteiger partial charge is 0.342 e. The molecule has 1 aromatic carbocycles. The number of pyridine rings is 1. The van der Waals surface area contributed by atoms with E-state index in [1.54, 1.807) is 0 Å². The van der Waals surface area contributed by atoms with E-state index in [4.69, 9.17) is 16.7 Å². The Hall–Kier alpha value is -2.74. The molecule has 0 saturated heterocycles. The van der Waals surface area contributed by atoms with E-state index in [2.05, 4.69) is 10.3 Å². The van der Waals surface area contributed by atoms with Gasteiger partial charge in [-0.1, -0.05) is 11.6 Å². The average Bonchev–Trinajstić information content (AvgIpc) is 2.42. The van der Waals surface area contributed by atoms with E-state index in [0.29, 0.717) is 0 Å². The highest BCUT2D eigenvalue weighted by Crippen LogP contribution is 2.25. The molecule has 21 heavy (non-hydrogen) atoms. The van der Waals surface area contributed by atoms with Crippen molar-refractivity contribution in [1.82, 2.24) is 4.98 Å². The number of nitro groups is 1. The standard InChI is InChI=1S/C12H7ClFN3O4/c13-6-1-2-8(14)9(3-6)16-11-4-7(12(18)19)10(5-15-11)17(20)21/h1-5H,(H,15,16)(H,18,19). The minimum atomic E-state index is -1.49. The highest BCUT2D eigenvalue weighted by atomic mass is 35.5. The minimum Gasteiger partial charge on any atom is -0.477 e. The Balaban J connectivity index is 2.41. The number of carboxylic acids is 1. The summed E-state index contributed by atoms with van der Waals surface area (Å²) in [5.41, 5.74) is -1.24. The SMILES string of the molecule is O=C(O)c1cc(Nc2cc(Cl)ccc2F)ncc1[N+](=O)[O-]. The van der Waals surface area contributed by atoms with Crippen LogP contribution in [-0.4, -0.2) is 21.0 Å². The van der Waals surface area contributed by atoms with Gasteiger partial charge in [0.2, 0.25) is 0 Å². The summed E-state index contributed by atoms with van der Waals surface area (Å²) in [6, 6.07) is 4.68. The van der Waals surface area contributed by atoms with Crippen molar-refractivity contribution in [2.45, 2.75) is 0 Å². The van der Waals surface area contributed by atoms with Gasteiger partial charge in [-0.05, 0) is 18.2 Å². The van der Waals surface area contributed by atoms with Gasteiger partial charge < -0.3 is 10.4 Å². The lowest BCUT2D eigenvalue weighted by atomic mass is 10.2. The number of aromatic carboxylic acids is 1. The fourth-order valence-corrected chi connectivity index (χ4v) is 1.74. The maximum absolute atomic E-state index is 13.5. The van der Waals surface area contributed by atoms with Gasteiger partial charge in [-0.2, -0.15) is 0 Å². The number of carboxylic acid groups (broad SMARTS) is 1. The van der Waals surface area contributed by atoms with Crippen LogP contribution in [0.25, 0.3) is 0 Å². The van der Waals surface area contributed by atoms with Gasteiger partial charge in [0.05, 0.1) is 10.6 Å². The van der Waals surface area contributed by atoms with E-state index in [-0.39, 0.29) is 16.5 Å².